The van der Waals surface area contributed by atoms with Gasteiger partial charge in [0.2, 0.25) is 5.90 Å². The molecule has 1 aromatic carbocycles. The molecule has 0 saturated heterocycles. The van der Waals surface area contributed by atoms with Crippen molar-refractivity contribution in [1.82, 2.24) is 9.97 Å². The van der Waals surface area contributed by atoms with E-state index in [4.69, 9.17) is 26.6 Å². The predicted molar refractivity (Wildman–Crippen MR) is 109 cm³/mol. The molecule has 144 valence electrons. The van der Waals surface area contributed by atoms with Crippen LogP contribution >= 0.6 is 23.4 Å². The summed E-state index contributed by atoms with van der Waals surface area (Å²) < 4.78 is 19.6. The Morgan fingerprint density at radius 3 is 2.52 bits per heavy atom. The van der Waals surface area contributed by atoms with Crippen molar-refractivity contribution < 1.29 is 9.13 Å². The molecule has 2 aromatic heterocycles. The van der Waals surface area contributed by atoms with Crippen LogP contribution in [0.4, 0.5) is 4.39 Å². The maximum absolute atomic E-state index is 13.3. The molecule has 0 fully saturated rings. The first-order valence-corrected chi connectivity index (χ1v) is 9.86. The smallest absolute Gasteiger partial charge is 0.218 e. The van der Waals surface area contributed by atoms with Crippen LogP contribution in [-0.2, 0) is 4.74 Å². The fraction of sp³-hybridized carbons (Fsp3) is 0.143. The monoisotopic (exact) mass is 424 g/mol. The van der Waals surface area contributed by atoms with E-state index < -0.39 is 11.0 Å². The van der Waals surface area contributed by atoms with Crippen LogP contribution in [0, 0.1) is 17.1 Å². The highest BCUT2D eigenvalue weighted by Gasteiger charge is 2.45. The van der Waals surface area contributed by atoms with E-state index in [-0.39, 0.29) is 5.82 Å². The lowest BCUT2D eigenvalue weighted by atomic mass is 10.0. The molecule has 0 saturated carbocycles. The number of nitrogens with zero attached hydrogens (tertiary/aromatic N) is 4. The fourth-order valence-electron chi connectivity index (χ4n) is 2.95. The van der Waals surface area contributed by atoms with Gasteiger partial charge in [0.25, 0.3) is 0 Å². The third-order valence-electron chi connectivity index (χ3n) is 4.36. The first kappa shape index (κ1) is 19.4. The maximum atomic E-state index is 13.3. The largest absolute Gasteiger partial charge is 0.457 e. The first-order valence-electron chi connectivity index (χ1n) is 8.66. The summed E-state index contributed by atoms with van der Waals surface area (Å²) in [6.45, 7) is 1.91. The Morgan fingerprint density at radius 2 is 1.90 bits per heavy atom. The molecular weight excluding hydrogens is 411 g/mol. The normalized spacial score (nSPS) is 20.6. The van der Waals surface area contributed by atoms with Crippen molar-refractivity contribution in [1.29, 1.82) is 5.26 Å². The van der Waals surface area contributed by atoms with Gasteiger partial charge in [0.1, 0.15) is 23.6 Å². The highest BCUT2D eigenvalue weighted by atomic mass is 35.5. The number of hydrogen-bond donors (Lipinski definition) is 0. The molecule has 0 N–H and O–H groups in total. The van der Waals surface area contributed by atoms with Gasteiger partial charge in [0.15, 0.2) is 4.93 Å². The van der Waals surface area contributed by atoms with Crippen LogP contribution in [-0.4, -0.2) is 20.8 Å². The van der Waals surface area contributed by atoms with Crippen molar-refractivity contribution in [2.24, 2.45) is 4.99 Å². The molecule has 8 heteroatoms. The minimum atomic E-state index is -0.833. The van der Waals surface area contributed by atoms with Crippen molar-refractivity contribution in [3.63, 3.8) is 0 Å². The SMILES string of the molecule is CC1(Sc2ccc(Cl)cn2)OC(c2ccc(F)cc2)=NC1c1ccc(C#N)nc1. The van der Waals surface area contributed by atoms with Gasteiger partial charge in [-0.3, -0.25) is 0 Å². The predicted octanol–water partition coefficient (Wildman–Crippen LogP) is 5.17. The van der Waals surface area contributed by atoms with E-state index in [9.17, 15) is 4.39 Å². The molecule has 1 aliphatic rings. The number of thioether (sulfide) groups is 1. The van der Waals surface area contributed by atoms with E-state index in [1.807, 2.05) is 25.1 Å². The molecule has 0 aliphatic carbocycles. The van der Waals surface area contributed by atoms with Crippen LogP contribution in [0.5, 0.6) is 0 Å². The molecule has 0 spiro atoms. The molecule has 3 aromatic rings. The number of ether oxygens (including phenoxy) is 1. The van der Waals surface area contributed by atoms with Gasteiger partial charge in [-0.1, -0.05) is 29.4 Å². The van der Waals surface area contributed by atoms with Crippen LogP contribution < -0.4 is 0 Å². The Labute approximate surface area is 176 Å². The van der Waals surface area contributed by atoms with Gasteiger partial charge in [-0.15, -0.1) is 0 Å². The van der Waals surface area contributed by atoms with Gasteiger partial charge in [-0.25, -0.2) is 19.4 Å². The summed E-state index contributed by atoms with van der Waals surface area (Å²) in [7, 11) is 0. The molecule has 3 heterocycles. The molecule has 4 rings (SSSR count). The second-order valence-electron chi connectivity index (χ2n) is 6.47. The Bertz CT molecular complexity index is 1100. The maximum Gasteiger partial charge on any atom is 0.218 e. The first-order chi connectivity index (χ1) is 14.0. The molecule has 5 nitrogen and oxygen atoms in total. The topological polar surface area (TPSA) is 71.2 Å². The zero-order valence-electron chi connectivity index (χ0n) is 15.2. The van der Waals surface area contributed by atoms with Crippen LogP contribution in [0.25, 0.3) is 0 Å². The molecule has 0 amide bonds. The van der Waals surface area contributed by atoms with Crippen LogP contribution in [0.15, 0.2) is 70.9 Å². The molecule has 0 bridgehead atoms. The summed E-state index contributed by atoms with van der Waals surface area (Å²) in [6, 6.07) is 14.6. The summed E-state index contributed by atoms with van der Waals surface area (Å²) in [5, 5.41) is 10.3. The Hall–Kier alpha value is -2.95. The van der Waals surface area contributed by atoms with Crippen molar-refractivity contribution in [3.8, 4) is 6.07 Å². The summed E-state index contributed by atoms with van der Waals surface area (Å²) >= 11 is 7.34. The average Bonchev–Trinajstić information content (AvgIpc) is 3.07. The molecule has 0 radical (unpaired) electrons. The summed E-state index contributed by atoms with van der Waals surface area (Å²) in [5.74, 6) is 0.0750. The number of pyridine rings is 2. The van der Waals surface area contributed by atoms with Gasteiger partial charge in [0.05, 0.1) is 10.0 Å². The average molecular weight is 425 g/mol. The van der Waals surface area contributed by atoms with Gasteiger partial charge >= 0.3 is 0 Å². The highest BCUT2D eigenvalue weighted by Crippen LogP contribution is 2.48. The third-order valence-corrected chi connectivity index (χ3v) is 5.74. The van der Waals surface area contributed by atoms with E-state index in [1.165, 1.54) is 23.9 Å². The Balaban J connectivity index is 1.72. The van der Waals surface area contributed by atoms with Gasteiger partial charge in [-0.05, 0) is 49.4 Å². The molecule has 2 unspecified atom stereocenters. The number of hydrogen-bond acceptors (Lipinski definition) is 6. The lowest BCUT2D eigenvalue weighted by Crippen LogP contribution is -2.28. The van der Waals surface area contributed by atoms with Crippen molar-refractivity contribution in [2.45, 2.75) is 22.9 Å². The molecule has 2 atom stereocenters. The number of rotatable bonds is 4. The van der Waals surface area contributed by atoms with Crippen molar-refractivity contribution in [3.05, 3.63) is 88.6 Å². The second kappa shape index (κ2) is 7.82. The quantitative estimate of drug-likeness (QED) is 0.578. The minimum Gasteiger partial charge on any atom is -0.457 e. The Kier molecular flexibility index (Phi) is 5.22. The summed E-state index contributed by atoms with van der Waals surface area (Å²) in [5.41, 5.74) is 1.79. The van der Waals surface area contributed by atoms with E-state index in [0.29, 0.717) is 22.2 Å². The van der Waals surface area contributed by atoms with E-state index in [0.717, 1.165) is 10.6 Å². The van der Waals surface area contributed by atoms with Gasteiger partial charge in [0, 0.05) is 23.5 Å². The number of halogens is 2. The number of nitriles is 1. The van der Waals surface area contributed by atoms with Crippen molar-refractivity contribution in [2.75, 3.05) is 0 Å². The lowest BCUT2D eigenvalue weighted by molar-refractivity contribution is 0.176. The van der Waals surface area contributed by atoms with E-state index in [2.05, 4.69) is 9.97 Å². The standard InChI is InChI=1S/C21H14ClFN4OS/c1-21(29-18-9-5-15(22)12-26-18)19(14-4-8-17(10-24)25-11-14)27-20(28-21)13-2-6-16(23)7-3-13/h2-9,11-12,19H,1H3. The minimum absolute atomic E-state index is 0.323. The number of aliphatic imine (C=N–C) groups is 1. The van der Waals surface area contributed by atoms with Crippen LogP contribution in [0.2, 0.25) is 5.02 Å². The molecule has 1 aliphatic heterocycles. The molecular formula is C21H14ClFN4OS. The third kappa shape index (κ3) is 4.09. The van der Waals surface area contributed by atoms with Crippen LogP contribution in [0.3, 0.4) is 0 Å². The summed E-state index contributed by atoms with van der Waals surface area (Å²) in [6.07, 6.45) is 3.19. The van der Waals surface area contributed by atoms with E-state index in [1.54, 1.807) is 36.7 Å². The Morgan fingerprint density at radius 1 is 1.10 bits per heavy atom. The zero-order chi connectivity index (χ0) is 20.4. The van der Waals surface area contributed by atoms with Gasteiger partial charge < -0.3 is 4.74 Å². The zero-order valence-corrected chi connectivity index (χ0v) is 16.8. The highest BCUT2D eigenvalue weighted by molar-refractivity contribution is 8.00. The van der Waals surface area contributed by atoms with Crippen molar-refractivity contribution >= 4 is 29.3 Å². The van der Waals surface area contributed by atoms with Gasteiger partial charge in [-0.2, -0.15) is 5.26 Å². The van der Waals surface area contributed by atoms with Crippen LogP contribution in [0.1, 0.15) is 29.8 Å². The second-order valence-corrected chi connectivity index (χ2v) is 8.34. The number of aromatic nitrogens is 2. The summed E-state index contributed by atoms with van der Waals surface area (Å²) in [4.78, 5) is 12.4. The van der Waals surface area contributed by atoms with E-state index >= 15 is 0 Å². The number of benzene rings is 1. The molecule has 29 heavy (non-hydrogen) atoms. The lowest BCUT2D eigenvalue weighted by Gasteiger charge is -2.28. The fourth-order valence-corrected chi connectivity index (χ4v) is 4.14.